The molecule has 0 amide bonds. The maximum Gasteiger partial charge on any atom is 0.336 e. The van der Waals surface area contributed by atoms with Crippen molar-refractivity contribution < 1.29 is 22.4 Å². The molecule has 3 aromatic rings. The number of carbonyl (C=O) groups is 1. The molecule has 0 unspecified atom stereocenters. The molecule has 7 nitrogen and oxygen atoms in total. The average molecular weight is 450 g/mol. The van der Waals surface area contributed by atoms with Gasteiger partial charge in [-0.2, -0.15) is 4.72 Å². The molecular weight excluding hydrogens is 430 g/mol. The molecule has 1 aromatic heterocycles. The Morgan fingerprint density at radius 1 is 1.20 bits per heavy atom. The Hall–Kier alpha value is -2.68. The summed E-state index contributed by atoms with van der Waals surface area (Å²) < 4.78 is 37.7. The number of benzene rings is 2. The van der Waals surface area contributed by atoms with Crippen molar-refractivity contribution in [2.75, 3.05) is 0 Å². The minimum atomic E-state index is -3.92. The molecule has 2 aromatic carbocycles. The van der Waals surface area contributed by atoms with E-state index in [-0.39, 0.29) is 21.3 Å². The van der Waals surface area contributed by atoms with E-state index in [1.54, 1.807) is 18.2 Å². The van der Waals surface area contributed by atoms with Crippen LogP contribution < -0.4 is 15.1 Å². The lowest BCUT2D eigenvalue weighted by atomic mass is 10.1. The number of hydrogen-bond donors (Lipinski definition) is 1. The van der Waals surface area contributed by atoms with E-state index in [0.29, 0.717) is 11.8 Å². The molecule has 9 heteroatoms. The molecule has 30 heavy (non-hydrogen) atoms. The largest absolute Gasteiger partial charge is 0.424 e. The minimum Gasteiger partial charge on any atom is -0.424 e. The fourth-order valence-electron chi connectivity index (χ4n) is 2.86. The second kappa shape index (κ2) is 8.59. The normalized spacial score (nSPS) is 12.7. The van der Waals surface area contributed by atoms with Gasteiger partial charge >= 0.3 is 11.6 Å². The summed E-state index contributed by atoms with van der Waals surface area (Å²) in [7, 11) is -3.92. The van der Waals surface area contributed by atoms with E-state index in [2.05, 4.69) is 4.72 Å². The van der Waals surface area contributed by atoms with Crippen LogP contribution in [0.15, 0.2) is 56.6 Å². The van der Waals surface area contributed by atoms with Crippen LogP contribution in [0, 0.1) is 6.92 Å². The van der Waals surface area contributed by atoms with Gasteiger partial charge in [-0.3, -0.25) is 0 Å². The van der Waals surface area contributed by atoms with E-state index in [4.69, 9.17) is 20.8 Å². The summed E-state index contributed by atoms with van der Waals surface area (Å²) in [5, 5.41) is 0.767. The maximum absolute atomic E-state index is 12.5. The summed E-state index contributed by atoms with van der Waals surface area (Å²) in [6.07, 6.45) is 0.593. The predicted octanol–water partition coefficient (Wildman–Crippen LogP) is 3.59. The fraction of sp³-hybridized carbons (Fsp3) is 0.238. The van der Waals surface area contributed by atoms with Crippen molar-refractivity contribution >= 4 is 38.6 Å². The number of nitrogens with one attached hydrogen (secondary N) is 1. The predicted molar refractivity (Wildman–Crippen MR) is 113 cm³/mol. The lowest BCUT2D eigenvalue weighted by Gasteiger charge is -2.15. The molecule has 0 saturated carbocycles. The molecule has 0 saturated heterocycles. The van der Waals surface area contributed by atoms with Crippen molar-refractivity contribution in [2.45, 2.75) is 38.1 Å². The second-order valence-electron chi connectivity index (χ2n) is 6.80. The summed E-state index contributed by atoms with van der Waals surface area (Å²) in [5.41, 5.74) is 1.35. The topological polar surface area (TPSA) is 103 Å². The molecule has 0 bridgehead atoms. The zero-order valence-electron chi connectivity index (χ0n) is 16.6. The molecule has 0 fully saturated rings. The Kier molecular flexibility index (Phi) is 6.30. The van der Waals surface area contributed by atoms with Gasteiger partial charge in [-0.15, -0.1) is 0 Å². The second-order valence-corrected chi connectivity index (χ2v) is 8.92. The van der Waals surface area contributed by atoms with Gasteiger partial charge in [0.25, 0.3) is 0 Å². The molecule has 0 radical (unpaired) electrons. The van der Waals surface area contributed by atoms with Crippen LogP contribution in [0.5, 0.6) is 5.75 Å². The highest BCUT2D eigenvalue weighted by molar-refractivity contribution is 7.89. The Morgan fingerprint density at radius 3 is 2.50 bits per heavy atom. The summed E-state index contributed by atoms with van der Waals surface area (Å²) in [5.74, 6) is -0.895. The third-order valence-electron chi connectivity index (χ3n) is 4.49. The van der Waals surface area contributed by atoms with Crippen LogP contribution in [-0.2, 0) is 21.2 Å². The lowest BCUT2D eigenvalue weighted by molar-refractivity contribution is -0.135. The number of carbonyl (C=O) groups excluding carboxylic acids is 1. The first-order chi connectivity index (χ1) is 14.1. The van der Waals surface area contributed by atoms with Crippen LogP contribution in [0.1, 0.15) is 25.0 Å². The first kappa shape index (κ1) is 22.0. The van der Waals surface area contributed by atoms with E-state index in [0.717, 1.165) is 11.1 Å². The first-order valence-corrected chi connectivity index (χ1v) is 11.0. The van der Waals surface area contributed by atoms with Gasteiger partial charge in [0.05, 0.1) is 9.92 Å². The van der Waals surface area contributed by atoms with Crippen LogP contribution in [0.4, 0.5) is 0 Å². The van der Waals surface area contributed by atoms with Crippen molar-refractivity contribution in [3.63, 3.8) is 0 Å². The van der Waals surface area contributed by atoms with E-state index in [1.165, 1.54) is 31.2 Å². The van der Waals surface area contributed by atoms with Gasteiger partial charge in [0.2, 0.25) is 10.0 Å². The molecule has 158 valence electrons. The van der Waals surface area contributed by atoms with Gasteiger partial charge in [0.15, 0.2) is 5.75 Å². The highest BCUT2D eigenvalue weighted by Crippen LogP contribution is 2.31. The van der Waals surface area contributed by atoms with Gasteiger partial charge in [0.1, 0.15) is 11.6 Å². The Labute approximate surface area is 178 Å². The van der Waals surface area contributed by atoms with Gasteiger partial charge in [-0.25, -0.2) is 18.0 Å². The van der Waals surface area contributed by atoms with Crippen molar-refractivity contribution in [1.82, 2.24) is 4.72 Å². The Morgan fingerprint density at radius 2 is 1.87 bits per heavy atom. The number of hydrogen-bond acceptors (Lipinski definition) is 6. The number of sulfonamides is 1. The van der Waals surface area contributed by atoms with Crippen LogP contribution in [0.3, 0.4) is 0 Å². The molecule has 0 aliphatic heterocycles. The molecule has 1 heterocycles. The molecule has 0 aliphatic carbocycles. The van der Waals surface area contributed by atoms with Crippen LogP contribution in [0.2, 0.25) is 5.02 Å². The molecule has 3 rings (SSSR count). The average Bonchev–Trinajstić information content (AvgIpc) is 2.68. The highest BCUT2D eigenvalue weighted by Gasteiger charge is 2.24. The standard InChI is InChI=1S/C21H20ClNO6S/c1-4-14-9-20(24)28-18-11-19(17(22)10-16(14)18)29-21(25)13(3)23-30(26,27)15-7-5-12(2)6-8-15/h5-11,13,23H,4H2,1-3H3/t13-/m0/s1. The molecule has 0 aliphatic rings. The molecule has 1 N–H and O–H groups in total. The Bertz CT molecular complexity index is 1270. The molecule has 0 spiro atoms. The zero-order valence-corrected chi connectivity index (χ0v) is 18.1. The third kappa shape index (κ3) is 4.72. The number of halogens is 1. The Balaban J connectivity index is 1.82. The van der Waals surface area contributed by atoms with Crippen molar-refractivity contribution in [1.29, 1.82) is 0 Å². The van der Waals surface area contributed by atoms with Crippen LogP contribution in [0.25, 0.3) is 11.0 Å². The number of aryl methyl sites for hydroxylation is 2. The van der Waals surface area contributed by atoms with Crippen molar-refractivity contribution in [3.8, 4) is 5.75 Å². The fourth-order valence-corrected chi connectivity index (χ4v) is 4.26. The first-order valence-electron chi connectivity index (χ1n) is 9.17. The smallest absolute Gasteiger partial charge is 0.336 e. The van der Waals surface area contributed by atoms with E-state index >= 15 is 0 Å². The van der Waals surface area contributed by atoms with Crippen molar-refractivity contribution in [2.24, 2.45) is 0 Å². The van der Waals surface area contributed by atoms with Gasteiger partial charge in [-0.1, -0.05) is 36.2 Å². The van der Waals surface area contributed by atoms with Crippen LogP contribution in [-0.4, -0.2) is 20.4 Å². The van der Waals surface area contributed by atoms with Gasteiger partial charge in [-0.05, 0) is 44.0 Å². The summed E-state index contributed by atoms with van der Waals surface area (Å²) in [6.45, 7) is 5.08. The number of rotatable bonds is 6. The van der Waals surface area contributed by atoms with Gasteiger partial charge < -0.3 is 9.15 Å². The molecular formula is C21H20ClNO6S. The van der Waals surface area contributed by atoms with Gasteiger partial charge in [0, 0.05) is 17.5 Å². The lowest BCUT2D eigenvalue weighted by Crippen LogP contribution is -2.40. The number of fused-ring (bicyclic) bond motifs is 1. The summed E-state index contributed by atoms with van der Waals surface area (Å²) in [6, 6.07) is 9.30. The minimum absolute atomic E-state index is 0.0327. The number of esters is 1. The third-order valence-corrected chi connectivity index (χ3v) is 6.34. The quantitative estimate of drug-likeness (QED) is 0.350. The van der Waals surface area contributed by atoms with E-state index in [1.807, 2.05) is 13.8 Å². The summed E-state index contributed by atoms with van der Waals surface area (Å²) in [4.78, 5) is 24.2. The monoisotopic (exact) mass is 449 g/mol. The van der Waals surface area contributed by atoms with Crippen molar-refractivity contribution in [3.05, 3.63) is 69.0 Å². The maximum atomic E-state index is 12.5. The van der Waals surface area contributed by atoms with Crippen LogP contribution >= 0.6 is 11.6 Å². The van der Waals surface area contributed by atoms with E-state index in [9.17, 15) is 18.0 Å². The van der Waals surface area contributed by atoms with E-state index < -0.39 is 27.7 Å². The number of ether oxygens (including phenoxy) is 1. The molecule has 1 atom stereocenters. The summed E-state index contributed by atoms with van der Waals surface area (Å²) >= 11 is 6.23. The zero-order chi connectivity index (χ0) is 22.1. The highest BCUT2D eigenvalue weighted by atomic mass is 35.5. The SMILES string of the molecule is CCc1cc(=O)oc2cc(OC(=O)[C@H](C)NS(=O)(=O)c3ccc(C)cc3)c(Cl)cc12.